The lowest BCUT2D eigenvalue weighted by molar-refractivity contribution is -0.384. The Morgan fingerprint density at radius 1 is 1.00 bits per heavy atom. The number of carboxylic acid groups (broad SMARTS) is 1. The van der Waals surface area contributed by atoms with E-state index >= 15 is 0 Å². The number of nitrogens with one attached hydrogen (secondary N) is 3. The minimum Gasteiger partial charge on any atom is -0.505 e. The topological polar surface area (TPSA) is 230 Å². The van der Waals surface area contributed by atoms with Gasteiger partial charge >= 0.3 is 11.7 Å². The van der Waals surface area contributed by atoms with Crippen LogP contribution < -0.4 is 21.5 Å². The van der Waals surface area contributed by atoms with Gasteiger partial charge in [0, 0.05) is 59.4 Å². The molecule has 5 N–H and O–H groups in total. The number of aromatic carboxylic acids is 1. The van der Waals surface area contributed by atoms with Gasteiger partial charge in [-0.3, -0.25) is 34.9 Å². The van der Waals surface area contributed by atoms with Crippen LogP contribution in [0.25, 0.3) is 33.4 Å². The van der Waals surface area contributed by atoms with Gasteiger partial charge < -0.3 is 25.3 Å². The minimum absolute atomic E-state index is 0.0238. The van der Waals surface area contributed by atoms with Crippen molar-refractivity contribution in [1.29, 1.82) is 0 Å². The number of para-hydroxylation sites is 1. The van der Waals surface area contributed by atoms with E-state index in [-0.39, 0.29) is 70.3 Å². The molecule has 1 aliphatic carbocycles. The van der Waals surface area contributed by atoms with E-state index < -0.39 is 56.8 Å². The van der Waals surface area contributed by atoms with Crippen LogP contribution in [0, 0.1) is 21.7 Å². The third-order valence-corrected chi connectivity index (χ3v) is 8.10. The fourth-order valence-corrected chi connectivity index (χ4v) is 5.54. The third-order valence-electron chi connectivity index (χ3n) is 8.10. The van der Waals surface area contributed by atoms with Crippen molar-refractivity contribution < 1.29 is 42.7 Å². The summed E-state index contributed by atoms with van der Waals surface area (Å²) in [6.07, 6.45) is 0.694. The molecular formula is C36H27F2N7O9. The fraction of sp³-hybridized carbons (Fsp3) is 0.111. The van der Waals surface area contributed by atoms with E-state index in [4.69, 9.17) is 4.42 Å². The van der Waals surface area contributed by atoms with Crippen LogP contribution in [0.1, 0.15) is 34.1 Å². The quantitative estimate of drug-likeness (QED) is 0.0578. The highest BCUT2D eigenvalue weighted by molar-refractivity contribution is 6.09. The minimum atomic E-state index is -1.51. The van der Waals surface area contributed by atoms with E-state index in [2.05, 4.69) is 26.0 Å². The van der Waals surface area contributed by atoms with Gasteiger partial charge in [0.2, 0.25) is 23.1 Å². The lowest BCUT2D eigenvalue weighted by Crippen LogP contribution is -2.38. The number of carbonyl (C=O) groups is 3. The first-order valence-electron chi connectivity index (χ1n) is 16.0. The number of carbonyl (C=O) groups excluding carboxylic acids is 2. The Kier molecular flexibility index (Phi) is 10.1. The van der Waals surface area contributed by atoms with Crippen molar-refractivity contribution in [3.05, 3.63) is 122 Å². The number of amides is 2. The average molecular weight is 740 g/mol. The molecule has 2 aliphatic rings. The summed E-state index contributed by atoms with van der Waals surface area (Å²) < 4.78 is 34.7. The van der Waals surface area contributed by atoms with Gasteiger partial charge in [-0.05, 0) is 48.9 Å². The Balaban J connectivity index is 1.21. The molecule has 2 amide bonds. The molecule has 0 unspecified atom stereocenters. The summed E-state index contributed by atoms with van der Waals surface area (Å²) in [5.74, 6) is -6.34. The molecule has 3 aromatic carbocycles. The van der Waals surface area contributed by atoms with Gasteiger partial charge in [0.05, 0.1) is 10.5 Å². The highest BCUT2D eigenvalue weighted by atomic mass is 19.1. The molecule has 16 nitrogen and oxygen atoms in total. The van der Waals surface area contributed by atoms with Crippen LogP contribution in [-0.2, 0) is 4.79 Å². The number of anilines is 3. The number of hydrazine groups is 1. The van der Waals surface area contributed by atoms with Crippen LogP contribution in [0.4, 0.5) is 31.9 Å². The number of rotatable bonds is 12. The van der Waals surface area contributed by atoms with Gasteiger partial charge in [0.15, 0.2) is 17.4 Å². The number of fused-ring (bicyclic) bond motifs is 2. The zero-order chi connectivity index (χ0) is 38.7. The maximum atomic E-state index is 14.6. The van der Waals surface area contributed by atoms with Crippen molar-refractivity contribution in [3.8, 4) is 28.2 Å². The Labute approximate surface area is 302 Å². The number of phenols is 1. The Bertz CT molecular complexity index is 2500. The molecule has 54 heavy (non-hydrogen) atoms. The maximum Gasteiger partial charge on any atom is 0.336 e. The fourth-order valence-electron chi connectivity index (χ4n) is 5.54. The summed E-state index contributed by atoms with van der Waals surface area (Å²) in [5.41, 5.74) is 0.788. The van der Waals surface area contributed by atoms with E-state index in [1.807, 2.05) is 0 Å². The van der Waals surface area contributed by atoms with Crippen molar-refractivity contribution in [2.24, 2.45) is 0 Å². The molecule has 18 heteroatoms. The summed E-state index contributed by atoms with van der Waals surface area (Å²) in [4.78, 5) is 69.9. The van der Waals surface area contributed by atoms with Crippen molar-refractivity contribution >= 4 is 51.9 Å². The van der Waals surface area contributed by atoms with Crippen molar-refractivity contribution in [1.82, 2.24) is 20.3 Å². The Hall–Kier alpha value is -7.50. The summed E-state index contributed by atoms with van der Waals surface area (Å²) in [5, 5.41) is 38.2. The first-order valence-corrected chi connectivity index (χ1v) is 16.0. The first kappa shape index (κ1) is 36.3. The molecule has 0 atom stereocenters. The van der Waals surface area contributed by atoms with Gasteiger partial charge in [-0.15, -0.1) is 0 Å². The van der Waals surface area contributed by atoms with Crippen LogP contribution in [0.5, 0.6) is 5.75 Å². The van der Waals surface area contributed by atoms with Gasteiger partial charge in [0.1, 0.15) is 17.5 Å². The van der Waals surface area contributed by atoms with Gasteiger partial charge in [-0.25, -0.2) is 18.6 Å². The number of halogens is 2. The Morgan fingerprint density at radius 3 is 2.46 bits per heavy atom. The highest BCUT2D eigenvalue weighted by Crippen LogP contribution is 2.43. The van der Waals surface area contributed by atoms with E-state index in [0.29, 0.717) is 5.69 Å². The van der Waals surface area contributed by atoms with Crippen molar-refractivity contribution in [2.75, 3.05) is 23.8 Å². The molecule has 0 saturated carbocycles. The molecule has 4 aromatic rings. The molecule has 6 rings (SSSR count). The van der Waals surface area contributed by atoms with Crippen molar-refractivity contribution in [3.63, 3.8) is 0 Å². The predicted octanol–water partition coefficient (Wildman–Crippen LogP) is 5.68. The lowest BCUT2D eigenvalue weighted by atomic mass is 9.89. The molecule has 1 aliphatic heterocycles. The zero-order valence-corrected chi connectivity index (χ0v) is 27.9. The first-order chi connectivity index (χ1) is 25.8. The molecule has 1 aromatic heterocycles. The molecule has 274 valence electrons. The smallest absolute Gasteiger partial charge is 0.336 e. The number of hydrogen-bond acceptors (Lipinski definition) is 12. The number of nitrogens with zero attached hydrogens (tertiary/aromatic N) is 4. The SMILES string of the molecule is CCN(Nc1nc(Nc2ccccc2)ncc1[N+](=O)[O-])C(=O)CCNC(=O)c1ccc(-c2c3cc(F)c(=O)cc-3oc3cc(O)c(F)cc23)c(C(=O)O)c1. The van der Waals surface area contributed by atoms with Crippen LogP contribution >= 0.6 is 0 Å². The lowest BCUT2D eigenvalue weighted by Gasteiger charge is -2.22. The second-order valence-corrected chi connectivity index (χ2v) is 11.6. The number of benzene rings is 4. The van der Waals surface area contributed by atoms with E-state index in [1.165, 1.54) is 12.1 Å². The normalized spacial score (nSPS) is 10.9. The van der Waals surface area contributed by atoms with Crippen LogP contribution in [-0.4, -0.2) is 61.0 Å². The number of aromatic hydroxyl groups is 1. The maximum absolute atomic E-state index is 14.6. The van der Waals surface area contributed by atoms with E-state index in [9.17, 15) is 48.3 Å². The summed E-state index contributed by atoms with van der Waals surface area (Å²) in [6, 6.07) is 15.8. The molecular weight excluding hydrogens is 712 g/mol. The number of nitro groups is 1. The molecule has 2 heterocycles. The molecule has 0 spiro atoms. The number of aromatic nitrogens is 2. The second kappa shape index (κ2) is 15.0. The van der Waals surface area contributed by atoms with Gasteiger partial charge in [-0.1, -0.05) is 24.3 Å². The summed E-state index contributed by atoms with van der Waals surface area (Å²) in [7, 11) is 0. The second-order valence-electron chi connectivity index (χ2n) is 11.6. The van der Waals surface area contributed by atoms with Gasteiger partial charge in [0.25, 0.3) is 5.91 Å². The number of hydrogen-bond donors (Lipinski definition) is 5. The Morgan fingerprint density at radius 2 is 1.76 bits per heavy atom. The monoisotopic (exact) mass is 739 g/mol. The molecule has 0 fully saturated rings. The summed E-state index contributed by atoms with van der Waals surface area (Å²) >= 11 is 0. The highest BCUT2D eigenvalue weighted by Gasteiger charge is 2.26. The van der Waals surface area contributed by atoms with Crippen molar-refractivity contribution in [2.45, 2.75) is 13.3 Å². The van der Waals surface area contributed by atoms with E-state index in [1.54, 1.807) is 37.3 Å². The largest absolute Gasteiger partial charge is 0.505 e. The molecule has 0 bridgehead atoms. The number of phenolic OH excluding ortho intramolecular Hbond substituents is 1. The summed E-state index contributed by atoms with van der Waals surface area (Å²) in [6.45, 7) is 1.41. The average Bonchev–Trinajstić information content (AvgIpc) is 3.14. The standard InChI is InChI=1S/C36H27F2N7O9/c1-2-44(43-33-26(45(52)53)17-40-36(42-33)41-19-6-4-3-5-7-19)31(48)10-11-39-34(49)18-8-9-20(21(12-18)35(50)51)32-22-13-24(37)27(46)15-29(22)54-30-16-28(47)25(38)14-23(30)32/h3-9,12-17,46H,2,10-11H2,1H3,(H,39,49)(H,50,51)(H2,40,41,42,43). The van der Waals surface area contributed by atoms with Crippen LogP contribution in [0.2, 0.25) is 0 Å². The molecule has 0 radical (unpaired) electrons. The van der Waals surface area contributed by atoms with Gasteiger partial charge in [-0.2, -0.15) is 4.98 Å². The van der Waals surface area contributed by atoms with Crippen LogP contribution in [0.3, 0.4) is 0 Å². The van der Waals surface area contributed by atoms with E-state index in [0.717, 1.165) is 41.5 Å². The number of carboxylic acids is 1. The third kappa shape index (κ3) is 7.42. The molecule has 0 saturated heterocycles. The zero-order valence-electron chi connectivity index (χ0n) is 27.9. The predicted molar refractivity (Wildman–Crippen MR) is 189 cm³/mol. The van der Waals surface area contributed by atoms with Crippen LogP contribution in [0.15, 0.2) is 88.2 Å².